The van der Waals surface area contributed by atoms with E-state index in [2.05, 4.69) is 11.8 Å². The predicted molar refractivity (Wildman–Crippen MR) is 46.4 cm³/mol. The van der Waals surface area contributed by atoms with Gasteiger partial charge in [-0.3, -0.25) is 0 Å². The Labute approximate surface area is 67.2 Å². The molecular formula is C8H16OS. The van der Waals surface area contributed by atoms with Gasteiger partial charge in [0.15, 0.2) is 0 Å². The van der Waals surface area contributed by atoms with Gasteiger partial charge in [0.25, 0.3) is 0 Å². The molecule has 0 amide bonds. The quantitative estimate of drug-likeness (QED) is 0.682. The zero-order valence-electron chi connectivity index (χ0n) is 6.55. The van der Waals surface area contributed by atoms with Gasteiger partial charge in [-0.1, -0.05) is 0 Å². The highest BCUT2D eigenvalue weighted by Crippen LogP contribution is 2.29. The lowest BCUT2D eigenvalue weighted by Gasteiger charge is -2.08. The Morgan fingerprint density at radius 3 is 3.00 bits per heavy atom. The van der Waals surface area contributed by atoms with Crippen LogP contribution >= 0.6 is 11.8 Å². The van der Waals surface area contributed by atoms with Crippen LogP contribution in [-0.2, 0) is 0 Å². The lowest BCUT2D eigenvalue weighted by atomic mass is 10.1. The van der Waals surface area contributed by atoms with E-state index < -0.39 is 0 Å². The number of thioether (sulfide) groups is 1. The minimum absolute atomic E-state index is 0.0961. The zero-order valence-corrected chi connectivity index (χ0v) is 7.36. The molecule has 0 saturated carbocycles. The first kappa shape index (κ1) is 8.41. The second-order valence-electron chi connectivity index (χ2n) is 3.06. The molecule has 1 aliphatic heterocycles. The Morgan fingerprint density at radius 1 is 1.70 bits per heavy atom. The third kappa shape index (κ3) is 2.93. The van der Waals surface area contributed by atoms with Crippen molar-refractivity contribution in [1.29, 1.82) is 0 Å². The predicted octanol–water partition coefficient (Wildman–Crippen LogP) is 2.04. The van der Waals surface area contributed by atoms with Gasteiger partial charge in [0.2, 0.25) is 0 Å². The average Bonchev–Trinajstić information content (AvgIpc) is 2.34. The van der Waals surface area contributed by atoms with Crippen LogP contribution in [0.15, 0.2) is 0 Å². The molecule has 1 rings (SSSR count). The molecule has 2 unspecified atom stereocenters. The summed E-state index contributed by atoms with van der Waals surface area (Å²) in [5, 5.41) is 9.86. The molecule has 1 nitrogen and oxygen atoms in total. The monoisotopic (exact) mass is 160 g/mol. The highest BCUT2D eigenvalue weighted by molar-refractivity contribution is 8.00. The topological polar surface area (TPSA) is 20.2 Å². The smallest absolute Gasteiger partial charge is 0.0512 e. The van der Waals surface area contributed by atoms with E-state index in [0.29, 0.717) is 0 Å². The number of aliphatic hydroxyl groups is 1. The zero-order chi connectivity index (χ0) is 7.40. The molecule has 0 aromatic rings. The van der Waals surface area contributed by atoms with Crippen LogP contribution in [0.4, 0.5) is 0 Å². The van der Waals surface area contributed by atoms with Gasteiger partial charge in [-0.2, -0.15) is 11.8 Å². The maximum absolute atomic E-state index is 9.00. The minimum Gasteiger partial charge on any atom is -0.393 e. The molecule has 1 saturated heterocycles. The van der Waals surface area contributed by atoms with Gasteiger partial charge in [0.1, 0.15) is 0 Å². The minimum atomic E-state index is -0.0961. The van der Waals surface area contributed by atoms with Crippen LogP contribution in [0.1, 0.15) is 32.6 Å². The molecule has 2 heteroatoms. The van der Waals surface area contributed by atoms with Crippen molar-refractivity contribution >= 4 is 11.8 Å². The van der Waals surface area contributed by atoms with Gasteiger partial charge in [-0.25, -0.2) is 0 Å². The normalized spacial score (nSPS) is 28.8. The Hall–Kier alpha value is 0.310. The van der Waals surface area contributed by atoms with Crippen LogP contribution in [-0.4, -0.2) is 22.2 Å². The van der Waals surface area contributed by atoms with Crippen LogP contribution in [0.3, 0.4) is 0 Å². The van der Waals surface area contributed by atoms with Crippen molar-refractivity contribution in [3.05, 3.63) is 0 Å². The summed E-state index contributed by atoms with van der Waals surface area (Å²) >= 11 is 2.07. The second kappa shape index (κ2) is 4.24. The van der Waals surface area contributed by atoms with E-state index in [1.54, 1.807) is 0 Å². The van der Waals surface area contributed by atoms with Gasteiger partial charge >= 0.3 is 0 Å². The maximum atomic E-state index is 9.00. The SMILES string of the molecule is CC(O)CCC1CCCS1. The number of aliphatic hydroxyl groups excluding tert-OH is 1. The van der Waals surface area contributed by atoms with Crippen molar-refractivity contribution in [2.75, 3.05) is 5.75 Å². The van der Waals surface area contributed by atoms with E-state index >= 15 is 0 Å². The summed E-state index contributed by atoms with van der Waals surface area (Å²) in [7, 11) is 0. The number of rotatable bonds is 3. The summed E-state index contributed by atoms with van der Waals surface area (Å²) in [6.45, 7) is 1.87. The van der Waals surface area contributed by atoms with Crippen molar-refractivity contribution in [1.82, 2.24) is 0 Å². The number of hydrogen-bond donors (Lipinski definition) is 1. The molecule has 10 heavy (non-hydrogen) atoms. The Balaban J connectivity index is 2.01. The van der Waals surface area contributed by atoms with Gasteiger partial charge in [-0.05, 0) is 38.4 Å². The van der Waals surface area contributed by atoms with Gasteiger partial charge < -0.3 is 5.11 Å². The third-order valence-electron chi connectivity index (χ3n) is 1.93. The molecule has 2 atom stereocenters. The third-order valence-corrected chi connectivity index (χ3v) is 3.40. The molecule has 0 aromatic carbocycles. The van der Waals surface area contributed by atoms with Crippen molar-refractivity contribution in [3.8, 4) is 0 Å². The van der Waals surface area contributed by atoms with Crippen LogP contribution in [0.25, 0.3) is 0 Å². The van der Waals surface area contributed by atoms with Crippen LogP contribution in [0, 0.1) is 0 Å². The number of hydrogen-bond acceptors (Lipinski definition) is 2. The Morgan fingerprint density at radius 2 is 2.50 bits per heavy atom. The fraction of sp³-hybridized carbons (Fsp3) is 1.00. The summed E-state index contributed by atoms with van der Waals surface area (Å²) in [4.78, 5) is 0. The highest BCUT2D eigenvalue weighted by atomic mass is 32.2. The molecule has 0 spiro atoms. The summed E-state index contributed by atoms with van der Waals surface area (Å²) in [5.74, 6) is 1.34. The molecule has 0 aliphatic carbocycles. The van der Waals surface area contributed by atoms with E-state index in [-0.39, 0.29) is 6.10 Å². The molecule has 0 bridgehead atoms. The largest absolute Gasteiger partial charge is 0.393 e. The molecule has 1 heterocycles. The molecular weight excluding hydrogens is 144 g/mol. The standard InChI is InChI=1S/C8H16OS/c1-7(9)4-5-8-3-2-6-10-8/h7-9H,2-6H2,1H3. The first-order chi connectivity index (χ1) is 4.79. The van der Waals surface area contributed by atoms with E-state index in [1.807, 2.05) is 6.92 Å². The van der Waals surface area contributed by atoms with Crippen molar-refractivity contribution < 1.29 is 5.11 Å². The van der Waals surface area contributed by atoms with Gasteiger partial charge in [-0.15, -0.1) is 0 Å². The van der Waals surface area contributed by atoms with Crippen molar-refractivity contribution in [2.24, 2.45) is 0 Å². The summed E-state index contributed by atoms with van der Waals surface area (Å²) in [6, 6.07) is 0. The first-order valence-corrected chi connectivity index (χ1v) is 5.13. The van der Waals surface area contributed by atoms with Gasteiger partial charge in [0.05, 0.1) is 6.10 Å². The Bertz CT molecular complexity index is 87.3. The molecule has 60 valence electrons. The maximum Gasteiger partial charge on any atom is 0.0512 e. The average molecular weight is 160 g/mol. The van der Waals surface area contributed by atoms with E-state index in [9.17, 15) is 0 Å². The van der Waals surface area contributed by atoms with Crippen molar-refractivity contribution in [3.63, 3.8) is 0 Å². The molecule has 0 aromatic heterocycles. The van der Waals surface area contributed by atoms with Crippen LogP contribution < -0.4 is 0 Å². The summed E-state index contributed by atoms with van der Waals surface area (Å²) < 4.78 is 0. The summed E-state index contributed by atoms with van der Waals surface area (Å²) in [5.41, 5.74) is 0. The molecule has 0 radical (unpaired) electrons. The lowest BCUT2D eigenvalue weighted by Crippen LogP contribution is -2.04. The van der Waals surface area contributed by atoms with Gasteiger partial charge in [0, 0.05) is 5.25 Å². The van der Waals surface area contributed by atoms with E-state index in [4.69, 9.17) is 5.11 Å². The fourth-order valence-corrected chi connectivity index (χ4v) is 2.60. The van der Waals surface area contributed by atoms with Crippen LogP contribution in [0.5, 0.6) is 0 Å². The first-order valence-electron chi connectivity index (χ1n) is 4.08. The van der Waals surface area contributed by atoms with Crippen LogP contribution in [0.2, 0.25) is 0 Å². The molecule has 1 N–H and O–H groups in total. The summed E-state index contributed by atoms with van der Waals surface area (Å²) in [6.07, 6.45) is 4.85. The molecule has 1 fully saturated rings. The Kier molecular flexibility index (Phi) is 3.57. The fourth-order valence-electron chi connectivity index (χ4n) is 1.30. The second-order valence-corrected chi connectivity index (χ2v) is 4.47. The lowest BCUT2D eigenvalue weighted by molar-refractivity contribution is 0.181. The van der Waals surface area contributed by atoms with Crippen molar-refractivity contribution in [2.45, 2.75) is 44.0 Å². The molecule has 1 aliphatic rings. The van der Waals surface area contributed by atoms with E-state index in [0.717, 1.165) is 11.7 Å². The van der Waals surface area contributed by atoms with E-state index in [1.165, 1.54) is 25.0 Å². The highest BCUT2D eigenvalue weighted by Gasteiger charge is 2.15.